The lowest BCUT2D eigenvalue weighted by Gasteiger charge is -2.34. The molecule has 2 aliphatic rings. The second-order valence-electron chi connectivity index (χ2n) is 11.8. The fraction of sp³-hybridized carbons (Fsp3) is 0.278. The number of benzene rings is 3. The molecule has 0 radical (unpaired) electrons. The number of likely N-dealkylation sites (N-methyl/N-ethyl adjacent to an activating group) is 1. The van der Waals surface area contributed by atoms with E-state index >= 15 is 0 Å². The fourth-order valence-electron chi connectivity index (χ4n) is 6.24. The summed E-state index contributed by atoms with van der Waals surface area (Å²) in [6, 6.07) is 28.1. The molecule has 5 aromatic rings. The Morgan fingerprint density at radius 1 is 0.891 bits per heavy atom. The van der Waals surface area contributed by atoms with Crippen molar-refractivity contribution in [3.8, 4) is 34.2 Å². The average Bonchev–Trinajstić information content (AvgIpc) is 3.51. The maximum atomic E-state index is 14.3. The zero-order chi connectivity index (χ0) is 31.7. The van der Waals surface area contributed by atoms with Gasteiger partial charge in [0.15, 0.2) is 5.65 Å². The van der Waals surface area contributed by atoms with E-state index in [0.29, 0.717) is 41.3 Å². The minimum Gasteiger partial charge on any atom is -0.489 e. The van der Waals surface area contributed by atoms with Crippen molar-refractivity contribution in [3.63, 3.8) is 0 Å². The number of pyridine rings is 1. The first-order chi connectivity index (χ1) is 22.4. The minimum absolute atomic E-state index is 0.00163. The van der Waals surface area contributed by atoms with Crippen LogP contribution in [0.25, 0.3) is 33.4 Å². The number of aromatic nitrogens is 2. The van der Waals surface area contributed by atoms with Gasteiger partial charge in [0.05, 0.1) is 29.4 Å². The number of nitrogens with zero attached hydrogens (tertiary/aromatic N) is 5. The van der Waals surface area contributed by atoms with Gasteiger partial charge in [-0.15, -0.1) is 0 Å². The van der Waals surface area contributed by atoms with Gasteiger partial charge in [0, 0.05) is 56.3 Å². The zero-order valence-corrected chi connectivity index (χ0v) is 26.5. The molecule has 0 unspecified atom stereocenters. The maximum Gasteiger partial charge on any atom is 0.269 e. The zero-order valence-electron chi connectivity index (χ0n) is 25.7. The number of hydrogen-bond acceptors (Lipinski definition) is 8. The summed E-state index contributed by atoms with van der Waals surface area (Å²) in [5.74, 6) is 0.536. The summed E-state index contributed by atoms with van der Waals surface area (Å²) in [4.78, 5) is 9.45. The molecule has 4 heterocycles. The molecule has 2 saturated heterocycles. The molecule has 0 bridgehead atoms. The van der Waals surface area contributed by atoms with Crippen molar-refractivity contribution in [2.45, 2.75) is 23.8 Å². The summed E-state index contributed by atoms with van der Waals surface area (Å²) >= 11 is 0. The lowest BCUT2D eigenvalue weighted by molar-refractivity contribution is 0.0254. The van der Waals surface area contributed by atoms with Gasteiger partial charge >= 0.3 is 0 Å². The molecular formula is C36H35N5O4S. The highest BCUT2D eigenvalue weighted by Gasteiger charge is 2.27. The van der Waals surface area contributed by atoms with Gasteiger partial charge in [-0.1, -0.05) is 36.4 Å². The van der Waals surface area contributed by atoms with E-state index in [2.05, 4.69) is 40.0 Å². The van der Waals surface area contributed by atoms with Crippen LogP contribution in [0.15, 0.2) is 96.0 Å². The van der Waals surface area contributed by atoms with Gasteiger partial charge < -0.3 is 19.3 Å². The SMILES string of the molecule is CN1CCN(c2ccc(-c3cc4c(-c5ccc(OC6CCOCC6)c(C#N)c5)ccnc4n3S(=O)(=O)c3ccccc3)cc2)CC1. The molecule has 0 atom stereocenters. The van der Waals surface area contributed by atoms with Crippen molar-refractivity contribution in [1.29, 1.82) is 5.26 Å². The average molecular weight is 634 g/mol. The summed E-state index contributed by atoms with van der Waals surface area (Å²) in [6.45, 7) is 5.16. The van der Waals surface area contributed by atoms with Crippen LogP contribution in [0.2, 0.25) is 0 Å². The Morgan fingerprint density at radius 3 is 2.33 bits per heavy atom. The van der Waals surface area contributed by atoms with E-state index in [-0.39, 0.29) is 11.0 Å². The van der Waals surface area contributed by atoms with Gasteiger partial charge in [-0.2, -0.15) is 5.26 Å². The van der Waals surface area contributed by atoms with Crippen molar-refractivity contribution in [3.05, 3.63) is 96.7 Å². The van der Waals surface area contributed by atoms with Crippen molar-refractivity contribution >= 4 is 26.7 Å². The molecule has 3 aromatic carbocycles. The van der Waals surface area contributed by atoms with Crippen molar-refractivity contribution < 1.29 is 17.9 Å². The third kappa shape index (κ3) is 5.73. The van der Waals surface area contributed by atoms with Crippen LogP contribution in [0.5, 0.6) is 5.75 Å². The molecule has 0 aliphatic carbocycles. The van der Waals surface area contributed by atoms with E-state index in [9.17, 15) is 13.7 Å². The van der Waals surface area contributed by atoms with Gasteiger partial charge in [0.2, 0.25) is 0 Å². The number of anilines is 1. The maximum absolute atomic E-state index is 14.3. The monoisotopic (exact) mass is 633 g/mol. The summed E-state index contributed by atoms with van der Waals surface area (Å²) < 4.78 is 41.5. The molecule has 9 nitrogen and oxygen atoms in total. The molecule has 0 saturated carbocycles. The van der Waals surface area contributed by atoms with Crippen LogP contribution in [0.1, 0.15) is 18.4 Å². The second kappa shape index (κ2) is 12.6. The first kappa shape index (κ1) is 30.0. The molecule has 2 aromatic heterocycles. The van der Waals surface area contributed by atoms with E-state index in [4.69, 9.17) is 9.47 Å². The molecule has 2 aliphatic heterocycles. The number of piperazine rings is 1. The standard InChI is InChI=1S/C36H35N5O4S/c1-39-17-19-40(20-18-39)29-10-7-26(8-11-29)34-24-33-32(13-16-38-36(33)41(34)46(42,43)31-5-3-2-4-6-31)27-9-12-35(28(23-27)25-37)45-30-14-21-44-22-15-30/h2-13,16,23-24,30H,14-15,17-22H2,1H3. The van der Waals surface area contributed by atoms with E-state index < -0.39 is 10.0 Å². The molecule has 2 fully saturated rings. The Morgan fingerprint density at radius 2 is 1.61 bits per heavy atom. The Kier molecular flexibility index (Phi) is 8.21. The quantitative estimate of drug-likeness (QED) is 0.222. The van der Waals surface area contributed by atoms with Crippen LogP contribution in [-0.4, -0.2) is 74.8 Å². The highest BCUT2D eigenvalue weighted by atomic mass is 32.2. The lowest BCUT2D eigenvalue weighted by Crippen LogP contribution is -2.44. The van der Waals surface area contributed by atoms with Crippen LogP contribution in [-0.2, 0) is 14.8 Å². The summed E-state index contributed by atoms with van der Waals surface area (Å²) in [7, 11) is -1.89. The summed E-state index contributed by atoms with van der Waals surface area (Å²) in [5, 5.41) is 10.7. The van der Waals surface area contributed by atoms with Crippen LogP contribution in [0, 0.1) is 11.3 Å². The molecule has 0 spiro atoms. The van der Waals surface area contributed by atoms with E-state index in [1.54, 1.807) is 42.6 Å². The number of hydrogen-bond donors (Lipinski definition) is 0. The molecule has 234 valence electrons. The highest BCUT2D eigenvalue weighted by molar-refractivity contribution is 7.90. The number of rotatable bonds is 7. The molecule has 0 amide bonds. The normalized spacial score (nSPS) is 16.4. The second-order valence-corrected chi connectivity index (χ2v) is 13.6. The first-order valence-corrected chi connectivity index (χ1v) is 17.0. The van der Waals surface area contributed by atoms with Gasteiger partial charge in [-0.25, -0.2) is 17.4 Å². The Balaban J connectivity index is 1.34. The smallest absolute Gasteiger partial charge is 0.269 e. The van der Waals surface area contributed by atoms with Crippen LogP contribution < -0.4 is 9.64 Å². The van der Waals surface area contributed by atoms with Crippen LogP contribution in [0.3, 0.4) is 0 Å². The fourth-order valence-corrected chi connectivity index (χ4v) is 7.74. The summed E-state index contributed by atoms with van der Waals surface area (Å²) in [5.41, 5.74) is 4.68. The molecule has 0 N–H and O–H groups in total. The van der Waals surface area contributed by atoms with Gasteiger partial charge in [0.25, 0.3) is 10.0 Å². The van der Waals surface area contributed by atoms with Gasteiger partial charge in [-0.05, 0) is 72.3 Å². The number of ether oxygens (including phenoxy) is 2. The molecule has 7 rings (SSSR count). The van der Waals surface area contributed by atoms with Crippen LogP contribution in [0.4, 0.5) is 5.69 Å². The van der Waals surface area contributed by atoms with Gasteiger partial charge in [0.1, 0.15) is 17.9 Å². The first-order valence-electron chi connectivity index (χ1n) is 15.6. The minimum atomic E-state index is -4.02. The predicted octanol–water partition coefficient (Wildman–Crippen LogP) is 5.79. The Labute approximate surface area is 269 Å². The number of nitriles is 1. The summed E-state index contributed by atoms with van der Waals surface area (Å²) in [6.07, 6.45) is 3.18. The number of fused-ring (bicyclic) bond motifs is 1. The van der Waals surface area contributed by atoms with Crippen LogP contribution >= 0.6 is 0 Å². The molecular weight excluding hydrogens is 598 g/mol. The third-order valence-electron chi connectivity index (χ3n) is 8.85. The lowest BCUT2D eigenvalue weighted by atomic mass is 10.0. The van der Waals surface area contributed by atoms with Gasteiger partial charge in [-0.3, -0.25) is 0 Å². The van der Waals surface area contributed by atoms with E-state index in [0.717, 1.165) is 61.4 Å². The Bertz CT molecular complexity index is 2010. The molecule has 46 heavy (non-hydrogen) atoms. The van der Waals surface area contributed by atoms with Crippen molar-refractivity contribution in [2.75, 3.05) is 51.3 Å². The molecule has 10 heteroatoms. The largest absolute Gasteiger partial charge is 0.489 e. The third-order valence-corrected chi connectivity index (χ3v) is 10.6. The topological polar surface area (TPSA) is 101 Å². The predicted molar refractivity (Wildman–Crippen MR) is 179 cm³/mol. The van der Waals surface area contributed by atoms with E-state index in [1.807, 2.05) is 36.4 Å². The van der Waals surface area contributed by atoms with Crippen molar-refractivity contribution in [1.82, 2.24) is 13.9 Å². The van der Waals surface area contributed by atoms with E-state index in [1.165, 1.54) is 3.97 Å². The Hall–Kier alpha value is -4.69. The highest BCUT2D eigenvalue weighted by Crippen LogP contribution is 2.38. The van der Waals surface area contributed by atoms with Crippen molar-refractivity contribution in [2.24, 2.45) is 0 Å².